The van der Waals surface area contributed by atoms with Crippen molar-refractivity contribution in [3.63, 3.8) is 0 Å². The van der Waals surface area contributed by atoms with Crippen molar-refractivity contribution >= 4 is 23.2 Å². The van der Waals surface area contributed by atoms with Gasteiger partial charge in [0.2, 0.25) is 5.95 Å². The monoisotopic (exact) mass is 388 g/mol. The highest BCUT2D eigenvalue weighted by Gasteiger charge is 2.43. The smallest absolute Gasteiger partial charge is 0.261 e. The van der Waals surface area contributed by atoms with Crippen molar-refractivity contribution in [2.45, 2.75) is 43.7 Å². The van der Waals surface area contributed by atoms with Crippen LogP contribution in [0.3, 0.4) is 0 Å². The number of nitrogens with zero attached hydrogens (tertiary/aromatic N) is 3. The molecular formula is C19H21FN4O2S. The number of amides is 1. The largest absolute Gasteiger partial charge is 0.370 e. The van der Waals surface area contributed by atoms with Crippen molar-refractivity contribution in [1.29, 1.82) is 0 Å². The van der Waals surface area contributed by atoms with Gasteiger partial charge >= 0.3 is 0 Å². The molecule has 2 aromatic rings. The van der Waals surface area contributed by atoms with E-state index >= 15 is 0 Å². The van der Waals surface area contributed by atoms with Crippen LogP contribution in [-0.2, 0) is 16.8 Å². The molecule has 6 nitrogen and oxygen atoms in total. The van der Waals surface area contributed by atoms with E-state index in [1.807, 2.05) is 6.07 Å². The number of carbonyl (C=O) groups is 1. The van der Waals surface area contributed by atoms with E-state index < -0.39 is 5.82 Å². The third kappa shape index (κ3) is 3.21. The molecule has 0 radical (unpaired) electrons. The third-order valence-corrected chi connectivity index (χ3v) is 6.80. The molecule has 3 aliphatic rings. The minimum atomic E-state index is -0.428. The van der Waals surface area contributed by atoms with Crippen LogP contribution in [0.2, 0.25) is 0 Å². The number of rotatable bonds is 3. The average molecular weight is 388 g/mol. The lowest BCUT2D eigenvalue weighted by Gasteiger charge is -2.44. The lowest BCUT2D eigenvalue weighted by Crippen LogP contribution is -2.46. The summed E-state index contributed by atoms with van der Waals surface area (Å²) in [5.41, 5.74) is 0.845. The summed E-state index contributed by atoms with van der Waals surface area (Å²) in [6.07, 6.45) is 7.05. The first-order valence-corrected chi connectivity index (χ1v) is 10.3. The van der Waals surface area contributed by atoms with Crippen LogP contribution in [0.4, 0.5) is 10.3 Å². The van der Waals surface area contributed by atoms with Gasteiger partial charge in [-0.2, -0.15) is 0 Å². The van der Waals surface area contributed by atoms with Crippen molar-refractivity contribution < 1.29 is 13.9 Å². The average Bonchev–Trinajstić information content (AvgIpc) is 3.38. The van der Waals surface area contributed by atoms with Gasteiger partial charge in [-0.1, -0.05) is 0 Å². The van der Waals surface area contributed by atoms with Gasteiger partial charge in [0.25, 0.3) is 5.91 Å². The normalized spacial score (nSPS) is 21.1. The molecule has 4 heterocycles. The Balaban J connectivity index is 1.35. The van der Waals surface area contributed by atoms with Gasteiger partial charge in [-0.05, 0) is 37.3 Å². The third-order valence-electron chi connectivity index (χ3n) is 5.60. The van der Waals surface area contributed by atoms with Crippen molar-refractivity contribution in [2.24, 2.45) is 0 Å². The van der Waals surface area contributed by atoms with Crippen LogP contribution in [0.25, 0.3) is 0 Å². The zero-order chi connectivity index (χ0) is 18.4. The van der Waals surface area contributed by atoms with Crippen LogP contribution < -0.4 is 10.2 Å². The van der Waals surface area contributed by atoms with Gasteiger partial charge in [0.1, 0.15) is 0 Å². The maximum atomic E-state index is 13.1. The van der Waals surface area contributed by atoms with Gasteiger partial charge in [0.15, 0.2) is 5.82 Å². The Morgan fingerprint density at radius 2 is 2.04 bits per heavy atom. The predicted octanol–water partition coefficient (Wildman–Crippen LogP) is 2.64. The summed E-state index contributed by atoms with van der Waals surface area (Å²) >= 11 is 1.61. The molecule has 0 bridgehead atoms. The molecule has 8 heteroatoms. The van der Waals surface area contributed by atoms with Crippen LogP contribution in [0, 0.1) is 5.82 Å². The Bertz CT molecular complexity index is 857. The first kappa shape index (κ1) is 17.1. The molecule has 142 valence electrons. The van der Waals surface area contributed by atoms with E-state index in [1.165, 1.54) is 22.8 Å². The van der Waals surface area contributed by atoms with E-state index in [-0.39, 0.29) is 11.5 Å². The second kappa shape index (κ2) is 6.53. The first-order valence-electron chi connectivity index (χ1n) is 9.43. The van der Waals surface area contributed by atoms with Gasteiger partial charge in [0.05, 0.1) is 29.5 Å². The summed E-state index contributed by atoms with van der Waals surface area (Å²) in [6, 6.07) is 2.40. The zero-order valence-electron chi connectivity index (χ0n) is 14.9. The molecule has 1 spiro atoms. The van der Waals surface area contributed by atoms with E-state index in [2.05, 4.69) is 20.2 Å². The fourth-order valence-corrected chi connectivity index (χ4v) is 5.10. The first-order chi connectivity index (χ1) is 13.1. The van der Waals surface area contributed by atoms with E-state index in [0.29, 0.717) is 18.6 Å². The van der Waals surface area contributed by atoms with Crippen molar-refractivity contribution in [3.05, 3.63) is 39.6 Å². The zero-order valence-corrected chi connectivity index (χ0v) is 15.7. The van der Waals surface area contributed by atoms with Crippen LogP contribution in [0.5, 0.6) is 0 Å². The fourth-order valence-electron chi connectivity index (χ4n) is 3.96. The Hall–Kier alpha value is -2.06. The number of ether oxygens (including phenoxy) is 1. The Kier molecular flexibility index (Phi) is 4.12. The van der Waals surface area contributed by atoms with E-state index in [9.17, 15) is 9.18 Å². The van der Waals surface area contributed by atoms with Crippen LogP contribution >= 0.6 is 11.3 Å². The minimum absolute atomic E-state index is 0.0456. The number of fused-ring (bicyclic) bond motifs is 2. The second-order valence-corrected chi connectivity index (χ2v) is 8.61. The molecule has 27 heavy (non-hydrogen) atoms. The van der Waals surface area contributed by atoms with Crippen molar-refractivity contribution in [1.82, 2.24) is 15.3 Å². The van der Waals surface area contributed by atoms with Gasteiger partial charge in [-0.15, -0.1) is 11.3 Å². The predicted molar refractivity (Wildman–Crippen MR) is 99.6 cm³/mol. The van der Waals surface area contributed by atoms with E-state index in [1.54, 1.807) is 11.3 Å². The molecule has 0 atom stereocenters. The summed E-state index contributed by atoms with van der Waals surface area (Å²) < 4.78 is 19.3. The number of piperidine rings is 1. The summed E-state index contributed by atoms with van der Waals surface area (Å²) in [7, 11) is 0. The summed E-state index contributed by atoms with van der Waals surface area (Å²) in [6.45, 7) is 2.17. The maximum absolute atomic E-state index is 13.1. The number of nitrogens with one attached hydrogen (secondary N) is 1. The Labute approximate surface area is 160 Å². The van der Waals surface area contributed by atoms with Crippen molar-refractivity contribution in [2.75, 3.05) is 24.6 Å². The molecule has 2 aliphatic heterocycles. The molecule has 1 amide bonds. The standard InChI is InChI=1S/C19H21FN4O2S/c20-12-10-21-18(22-11-12)24-6-4-19(5-7-24)14-9-16(17(25)23-13-1-2-13)27-15(14)3-8-26-19/h9-11,13H,1-8H2,(H,23,25). The molecule has 5 rings (SSSR count). The van der Waals surface area contributed by atoms with Crippen molar-refractivity contribution in [3.8, 4) is 0 Å². The quantitative estimate of drug-likeness (QED) is 0.876. The van der Waals surface area contributed by atoms with Crippen LogP contribution in [0.1, 0.15) is 45.8 Å². The van der Waals surface area contributed by atoms with Crippen LogP contribution in [0.15, 0.2) is 18.5 Å². The molecule has 1 saturated heterocycles. The number of halogens is 1. The van der Waals surface area contributed by atoms with Gasteiger partial charge in [-0.25, -0.2) is 14.4 Å². The molecule has 2 fully saturated rings. The van der Waals surface area contributed by atoms with Crippen LogP contribution in [-0.4, -0.2) is 41.6 Å². The molecule has 1 aliphatic carbocycles. The molecular weight excluding hydrogens is 367 g/mol. The van der Waals surface area contributed by atoms with Gasteiger partial charge < -0.3 is 15.0 Å². The molecule has 1 N–H and O–H groups in total. The highest BCUT2D eigenvalue weighted by atomic mass is 32.1. The summed E-state index contributed by atoms with van der Waals surface area (Å²) in [5, 5.41) is 3.08. The van der Waals surface area contributed by atoms with E-state index in [0.717, 1.165) is 50.1 Å². The topological polar surface area (TPSA) is 67.3 Å². The number of anilines is 1. The number of hydrogen-bond donors (Lipinski definition) is 1. The Morgan fingerprint density at radius 1 is 1.30 bits per heavy atom. The second-order valence-electron chi connectivity index (χ2n) is 7.48. The summed E-state index contributed by atoms with van der Waals surface area (Å²) in [4.78, 5) is 24.8. The number of aromatic nitrogens is 2. The number of thiophene rings is 1. The van der Waals surface area contributed by atoms with Gasteiger partial charge in [0, 0.05) is 30.4 Å². The molecule has 0 unspecified atom stereocenters. The number of carbonyl (C=O) groups excluding carboxylic acids is 1. The molecule has 0 aromatic carbocycles. The molecule has 2 aromatic heterocycles. The highest BCUT2D eigenvalue weighted by Crippen LogP contribution is 2.45. The lowest BCUT2D eigenvalue weighted by atomic mass is 9.82. The number of hydrogen-bond acceptors (Lipinski definition) is 6. The fraction of sp³-hybridized carbons (Fsp3) is 0.526. The SMILES string of the molecule is O=C(NC1CC1)c1cc2c(s1)CCOC21CCN(c2ncc(F)cn2)CC1. The molecule has 1 saturated carbocycles. The maximum Gasteiger partial charge on any atom is 0.261 e. The highest BCUT2D eigenvalue weighted by molar-refractivity contribution is 7.14. The minimum Gasteiger partial charge on any atom is -0.370 e. The summed E-state index contributed by atoms with van der Waals surface area (Å²) in [5.74, 6) is 0.170. The Morgan fingerprint density at radius 3 is 2.74 bits per heavy atom. The lowest BCUT2D eigenvalue weighted by molar-refractivity contribution is -0.0758. The van der Waals surface area contributed by atoms with E-state index in [4.69, 9.17) is 4.74 Å². The van der Waals surface area contributed by atoms with Gasteiger partial charge in [-0.3, -0.25) is 4.79 Å².